The molecule has 3 aromatic rings. The van der Waals surface area contributed by atoms with Crippen LogP contribution in [0.15, 0.2) is 54.9 Å². The number of nitrogens with one attached hydrogen (secondary N) is 1. The minimum Gasteiger partial charge on any atom is -0.497 e. The molecule has 2 aromatic carbocycles. The van der Waals surface area contributed by atoms with Crippen molar-refractivity contribution in [2.45, 2.75) is 32.3 Å². The predicted octanol–water partition coefficient (Wildman–Crippen LogP) is 4.14. The number of nitrogens with zero attached hydrogens (tertiary/aromatic N) is 2. The number of ether oxygens (including phenoxy) is 2. The molecule has 1 aliphatic heterocycles. The Bertz CT molecular complexity index is 993. The van der Waals surface area contributed by atoms with Crippen molar-refractivity contribution in [2.24, 2.45) is 0 Å². The van der Waals surface area contributed by atoms with E-state index in [4.69, 9.17) is 9.47 Å². The van der Waals surface area contributed by atoms with Gasteiger partial charge in [-0.3, -0.25) is 9.36 Å². The van der Waals surface area contributed by atoms with Crippen molar-refractivity contribution >= 4 is 11.7 Å². The molecule has 0 saturated carbocycles. The van der Waals surface area contributed by atoms with Crippen molar-refractivity contribution in [3.05, 3.63) is 66.1 Å². The highest BCUT2D eigenvalue weighted by atomic mass is 16.5. The number of amides is 1. The van der Waals surface area contributed by atoms with Gasteiger partial charge in [0.25, 0.3) is 0 Å². The van der Waals surface area contributed by atoms with Crippen LogP contribution in [-0.2, 0) is 4.79 Å². The van der Waals surface area contributed by atoms with Gasteiger partial charge in [0.2, 0.25) is 5.91 Å². The molecule has 0 unspecified atom stereocenters. The maximum Gasteiger partial charge on any atom is 0.226 e. The Hall–Kier alpha value is -3.28. The highest BCUT2D eigenvalue weighted by molar-refractivity contribution is 5.94. The molecule has 0 aliphatic carbocycles. The first kappa shape index (κ1) is 18.1. The summed E-state index contributed by atoms with van der Waals surface area (Å²) in [6.07, 6.45) is 2.14. The zero-order chi connectivity index (χ0) is 19.7. The van der Waals surface area contributed by atoms with E-state index in [9.17, 15) is 4.79 Å². The number of carbonyl (C=O) groups is 1. The first-order chi connectivity index (χ1) is 13.6. The van der Waals surface area contributed by atoms with Crippen LogP contribution in [0, 0.1) is 0 Å². The summed E-state index contributed by atoms with van der Waals surface area (Å²) in [5.74, 6) is 2.08. The number of methoxy groups -OCH3 is 1. The maximum absolute atomic E-state index is 12.5. The number of imidazole rings is 1. The zero-order valence-corrected chi connectivity index (χ0v) is 16.2. The number of carbonyl (C=O) groups excluding carboxylic acids is 1. The van der Waals surface area contributed by atoms with Gasteiger partial charge in [0, 0.05) is 23.6 Å². The summed E-state index contributed by atoms with van der Waals surface area (Å²) in [5.41, 5.74) is 2.73. The molecule has 144 valence electrons. The largest absolute Gasteiger partial charge is 0.497 e. The van der Waals surface area contributed by atoms with E-state index in [-0.39, 0.29) is 17.9 Å². The monoisotopic (exact) mass is 377 g/mol. The van der Waals surface area contributed by atoms with Crippen molar-refractivity contribution < 1.29 is 14.3 Å². The summed E-state index contributed by atoms with van der Waals surface area (Å²) in [6, 6.07) is 15.5. The summed E-state index contributed by atoms with van der Waals surface area (Å²) in [6.45, 7) is 3.99. The van der Waals surface area contributed by atoms with Gasteiger partial charge in [-0.15, -0.1) is 0 Å². The number of para-hydroxylation sites is 1. The standard InChI is InChI=1S/C22H23N3O3/c1-14(2)28-19-7-5-4-6-17(19)18-12-20(26)24-22-21(18)23-13-25(22)15-8-10-16(27-3)11-9-15/h4-11,13-14,18H,12H2,1-3H3,(H,24,26)/t18-/m1/s1. The molecule has 0 radical (unpaired) electrons. The molecule has 0 bridgehead atoms. The van der Waals surface area contributed by atoms with Crippen LogP contribution < -0.4 is 14.8 Å². The van der Waals surface area contributed by atoms with E-state index < -0.39 is 0 Å². The molecular weight excluding hydrogens is 354 g/mol. The third kappa shape index (κ3) is 3.33. The lowest BCUT2D eigenvalue weighted by Crippen LogP contribution is -2.25. The summed E-state index contributed by atoms with van der Waals surface area (Å²) < 4.78 is 13.1. The van der Waals surface area contributed by atoms with Crippen LogP contribution in [0.5, 0.6) is 11.5 Å². The van der Waals surface area contributed by atoms with Gasteiger partial charge in [-0.05, 0) is 44.2 Å². The Morgan fingerprint density at radius 3 is 2.61 bits per heavy atom. The normalized spacial score (nSPS) is 15.9. The van der Waals surface area contributed by atoms with Crippen LogP contribution in [0.1, 0.15) is 37.4 Å². The lowest BCUT2D eigenvalue weighted by molar-refractivity contribution is -0.116. The minimum atomic E-state index is -0.154. The number of hydrogen-bond donors (Lipinski definition) is 1. The van der Waals surface area contributed by atoms with Crippen molar-refractivity contribution in [1.82, 2.24) is 9.55 Å². The maximum atomic E-state index is 12.5. The molecule has 0 saturated heterocycles. The molecule has 6 nitrogen and oxygen atoms in total. The topological polar surface area (TPSA) is 65.4 Å². The van der Waals surface area contributed by atoms with E-state index in [0.717, 1.165) is 28.4 Å². The molecule has 0 spiro atoms. The minimum absolute atomic E-state index is 0.0351. The van der Waals surface area contributed by atoms with Crippen LogP contribution in [0.2, 0.25) is 0 Å². The van der Waals surface area contributed by atoms with Gasteiger partial charge < -0.3 is 14.8 Å². The first-order valence-corrected chi connectivity index (χ1v) is 9.34. The third-order valence-electron chi connectivity index (χ3n) is 4.78. The van der Waals surface area contributed by atoms with E-state index in [0.29, 0.717) is 12.2 Å². The van der Waals surface area contributed by atoms with Gasteiger partial charge >= 0.3 is 0 Å². The number of anilines is 1. The summed E-state index contributed by atoms with van der Waals surface area (Å²) in [7, 11) is 1.63. The number of aromatic nitrogens is 2. The number of benzene rings is 2. The van der Waals surface area contributed by atoms with Gasteiger partial charge in [0.05, 0.1) is 18.9 Å². The molecule has 28 heavy (non-hydrogen) atoms. The summed E-state index contributed by atoms with van der Waals surface area (Å²) in [4.78, 5) is 17.2. The Morgan fingerprint density at radius 2 is 1.89 bits per heavy atom. The van der Waals surface area contributed by atoms with E-state index in [1.54, 1.807) is 13.4 Å². The van der Waals surface area contributed by atoms with Gasteiger partial charge in [0.1, 0.15) is 23.6 Å². The molecule has 2 heterocycles. The van der Waals surface area contributed by atoms with Crippen LogP contribution in [-0.4, -0.2) is 28.7 Å². The Morgan fingerprint density at radius 1 is 1.14 bits per heavy atom. The number of rotatable bonds is 5. The average molecular weight is 377 g/mol. The van der Waals surface area contributed by atoms with E-state index >= 15 is 0 Å². The van der Waals surface area contributed by atoms with Crippen LogP contribution in [0.3, 0.4) is 0 Å². The van der Waals surface area contributed by atoms with Crippen molar-refractivity contribution in [3.63, 3.8) is 0 Å². The van der Waals surface area contributed by atoms with Crippen LogP contribution in [0.4, 0.5) is 5.82 Å². The smallest absolute Gasteiger partial charge is 0.226 e. The van der Waals surface area contributed by atoms with E-state index in [1.807, 2.05) is 66.9 Å². The van der Waals surface area contributed by atoms with E-state index in [1.165, 1.54) is 0 Å². The van der Waals surface area contributed by atoms with Gasteiger partial charge in [-0.25, -0.2) is 4.98 Å². The summed E-state index contributed by atoms with van der Waals surface area (Å²) >= 11 is 0. The fourth-order valence-corrected chi connectivity index (χ4v) is 3.53. The van der Waals surface area contributed by atoms with Gasteiger partial charge in [-0.2, -0.15) is 0 Å². The second-order valence-electron chi connectivity index (χ2n) is 7.06. The first-order valence-electron chi connectivity index (χ1n) is 9.34. The fraction of sp³-hybridized carbons (Fsp3) is 0.273. The molecule has 4 rings (SSSR count). The Labute approximate surface area is 164 Å². The number of hydrogen-bond acceptors (Lipinski definition) is 4. The molecule has 1 aromatic heterocycles. The molecule has 1 atom stereocenters. The van der Waals surface area contributed by atoms with Crippen molar-refractivity contribution in [3.8, 4) is 17.2 Å². The molecule has 1 N–H and O–H groups in total. The molecule has 1 aliphatic rings. The van der Waals surface area contributed by atoms with Gasteiger partial charge in [-0.1, -0.05) is 18.2 Å². The SMILES string of the molecule is COc1ccc(-n2cnc3c2NC(=O)C[C@@H]3c2ccccc2OC(C)C)cc1. The third-order valence-corrected chi connectivity index (χ3v) is 4.78. The molecule has 0 fully saturated rings. The average Bonchev–Trinajstić information content (AvgIpc) is 3.11. The quantitative estimate of drug-likeness (QED) is 0.726. The Kier molecular flexibility index (Phi) is 4.77. The van der Waals surface area contributed by atoms with Crippen molar-refractivity contribution in [2.75, 3.05) is 12.4 Å². The lowest BCUT2D eigenvalue weighted by atomic mass is 9.89. The zero-order valence-electron chi connectivity index (χ0n) is 16.2. The van der Waals surface area contributed by atoms with Crippen LogP contribution >= 0.6 is 0 Å². The molecule has 1 amide bonds. The lowest BCUT2D eigenvalue weighted by Gasteiger charge is -2.25. The molecule has 6 heteroatoms. The number of fused-ring (bicyclic) bond motifs is 1. The Balaban J connectivity index is 1.77. The highest BCUT2D eigenvalue weighted by Crippen LogP contribution is 2.41. The predicted molar refractivity (Wildman–Crippen MR) is 107 cm³/mol. The second kappa shape index (κ2) is 7.38. The van der Waals surface area contributed by atoms with Crippen molar-refractivity contribution in [1.29, 1.82) is 0 Å². The second-order valence-corrected chi connectivity index (χ2v) is 7.06. The van der Waals surface area contributed by atoms with Gasteiger partial charge in [0.15, 0.2) is 0 Å². The highest BCUT2D eigenvalue weighted by Gasteiger charge is 2.32. The van der Waals surface area contributed by atoms with E-state index in [2.05, 4.69) is 10.3 Å². The molecular formula is C22H23N3O3. The summed E-state index contributed by atoms with van der Waals surface area (Å²) in [5, 5.41) is 2.99. The van der Waals surface area contributed by atoms with Crippen LogP contribution in [0.25, 0.3) is 5.69 Å². The fourth-order valence-electron chi connectivity index (χ4n) is 3.53.